The molecule has 6 nitrogen and oxygen atoms in total. The second-order valence-corrected chi connectivity index (χ2v) is 7.06. The van der Waals surface area contributed by atoms with E-state index in [4.69, 9.17) is 38.4 Å². The molecule has 0 amide bonds. The van der Waals surface area contributed by atoms with Crippen LogP contribution in [0.4, 0.5) is 5.82 Å². The average Bonchev–Trinajstić information content (AvgIpc) is 3.23. The molecule has 156 valence electrons. The first kappa shape index (κ1) is 21.8. The molecule has 8 heteroatoms. The quantitative estimate of drug-likeness (QED) is 0.466. The van der Waals surface area contributed by atoms with Crippen molar-refractivity contribution in [2.45, 2.75) is 13.0 Å². The van der Waals surface area contributed by atoms with E-state index in [0.717, 1.165) is 16.8 Å². The van der Waals surface area contributed by atoms with E-state index in [1.807, 2.05) is 30.3 Å². The third-order valence-corrected chi connectivity index (χ3v) is 5.33. The molecular formula is C22H22Cl2N4O2. The highest BCUT2D eigenvalue weighted by atomic mass is 35.5. The SMILES string of the molecule is COc1cc(OC)c(Cl)c(CNc2cc(-c3ccccc3CC#CCN)[nH]n2)c1Cl. The molecule has 1 heterocycles. The van der Waals surface area contributed by atoms with Crippen molar-refractivity contribution in [3.8, 4) is 34.6 Å². The van der Waals surface area contributed by atoms with Crippen LogP contribution < -0.4 is 20.5 Å². The number of aromatic amines is 1. The molecule has 0 aliphatic carbocycles. The minimum absolute atomic E-state index is 0.346. The zero-order chi connectivity index (χ0) is 21.5. The molecule has 1 aromatic heterocycles. The van der Waals surface area contributed by atoms with Crippen LogP contribution in [0, 0.1) is 11.8 Å². The smallest absolute Gasteiger partial charge is 0.148 e. The number of methoxy groups -OCH3 is 2. The van der Waals surface area contributed by atoms with Gasteiger partial charge < -0.3 is 20.5 Å². The van der Waals surface area contributed by atoms with Crippen LogP contribution in [-0.2, 0) is 13.0 Å². The number of H-pyrrole nitrogens is 1. The lowest BCUT2D eigenvalue weighted by Crippen LogP contribution is -2.03. The average molecular weight is 445 g/mol. The summed E-state index contributed by atoms with van der Waals surface area (Å²) in [7, 11) is 3.09. The third kappa shape index (κ3) is 4.82. The largest absolute Gasteiger partial charge is 0.495 e. The van der Waals surface area contributed by atoms with E-state index in [-0.39, 0.29) is 0 Å². The van der Waals surface area contributed by atoms with Crippen molar-refractivity contribution in [3.63, 3.8) is 0 Å². The molecule has 0 saturated heterocycles. The van der Waals surface area contributed by atoms with E-state index >= 15 is 0 Å². The lowest BCUT2D eigenvalue weighted by molar-refractivity contribution is 0.394. The Bertz CT molecular complexity index is 1060. The number of nitrogens with one attached hydrogen (secondary N) is 2. The number of benzene rings is 2. The topological polar surface area (TPSA) is 85.2 Å². The highest BCUT2D eigenvalue weighted by Gasteiger charge is 2.17. The molecule has 4 N–H and O–H groups in total. The summed E-state index contributed by atoms with van der Waals surface area (Å²) in [5.74, 6) is 7.60. The summed E-state index contributed by atoms with van der Waals surface area (Å²) in [5, 5.41) is 11.5. The molecule has 0 unspecified atom stereocenters. The molecule has 0 saturated carbocycles. The molecule has 0 atom stereocenters. The number of halogens is 2. The van der Waals surface area contributed by atoms with E-state index in [2.05, 4.69) is 27.4 Å². The van der Waals surface area contributed by atoms with Gasteiger partial charge in [0.1, 0.15) is 17.3 Å². The summed E-state index contributed by atoms with van der Waals surface area (Å²) < 4.78 is 10.6. The number of hydrogen-bond donors (Lipinski definition) is 3. The maximum absolute atomic E-state index is 6.44. The fourth-order valence-electron chi connectivity index (χ4n) is 2.99. The molecule has 0 aliphatic rings. The number of anilines is 1. The highest BCUT2D eigenvalue weighted by molar-refractivity contribution is 6.37. The lowest BCUT2D eigenvalue weighted by Gasteiger charge is -2.14. The Morgan fingerprint density at radius 1 is 1.07 bits per heavy atom. The maximum Gasteiger partial charge on any atom is 0.148 e. The summed E-state index contributed by atoms with van der Waals surface area (Å²) in [5.41, 5.74) is 9.12. The van der Waals surface area contributed by atoms with Gasteiger partial charge in [0.15, 0.2) is 0 Å². The van der Waals surface area contributed by atoms with Crippen LogP contribution in [-0.4, -0.2) is 31.0 Å². The van der Waals surface area contributed by atoms with Crippen LogP contribution in [0.25, 0.3) is 11.3 Å². The van der Waals surface area contributed by atoms with Crippen molar-refractivity contribution < 1.29 is 9.47 Å². The maximum atomic E-state index is 6.44. The number of nitrogens with zero attached hydrogens (tertiary/aromatic N) is 1. The Labute approximate surface area is 185 Å². The van der Waals surface area contributed by atoms with E-state index in [9.17, 15) is 0 Å². The van der Waals surface area contributed by atoms with Gasteiger partial charge in [0.05, 0.1) is 36.5 Å². The van der Waals surface area contributed by atoms with Gasteiger partial charge in [-0.15, -0.1) is 0 Å². The molecule has 3 rings (SSSR count). The first-order chi connectivity index (χ1) is 14.6. The van der Waals surface area contributed by atoms with Crippen molar-refractivity contribution in [2.75, 3.05) is 26.1 Å². The molecule has 0 aliphatic heterocycles. The van der Waals surface area contributed by atoms with Gasteiger partial charge in [0.25, 0.3) is 0 Å². The van der Waals surface area contributed by atoms with Crippen LogP contribution in [0.3, 0.4) is 0 Å². The van der Waals surface area contributed by atoms with Gasteiger partial charge in [-0.05, 0) is 5.56 Å². The van der Waals surface area contributed by atoms with Gasteiger partial charge in [0.2, 0.25) is 0 Å². The van der Waals surface area contributed by atoms with Crippen LogP contribution in [0.5, 0.6) is 11.5 Å². The monoisotopic (exact) mass is 444 g/mol. The molecule has 0 fully saturated rings. The van der Waals surface area contributed by atoms with Crippen molar-refractivity contribution in [2.24, 2.45) is 5.73 Å². The normalized spacial score (nSPS) is 10.3. The van der Waals surface area contributed by atoms with Crippen molar-refractivity contribution >= 4 is 29.0 Å². The van der Waals surface area contributed by atoms with Gasteiger partial charge in [0, 0.05) is 36.2 Å². The van der Waals surface area contributed by atoms with Crippen LogP contribution in [0.15, 0.2) is 36.4 Å². The standard InChI is InChI=1S/C22H22Cl2N4O2/c1-29-18-12-19(30-2)22(24)16(21(18)23)13-26-20-11-17(27-28-20)15-9-4-3-7-14(15)8-5-6-10-25/h3-4,7,9,11-12H,8,10,13,25H2,1-2H3,(H2,26,27,28). The Kier molecular flexibility index (Phi) is 7.47. The third-order valence-electron chi connectivity index (χ3n) is 4.50. The first-order valence-corrected chi connectivity index (χ1v) is 9.96. The number of aromatic nitrogens is 2. The highest BCUT2D eigenvalue weighted by Crippen LogP contribution is 2.40. The Morgan fingerprint density at radius 3 is 2.43 bits per heavy atom. The van der Waals surface area contributed by atoms with Crippen molar-refractivity contribution in [1.29, 1.82) is 0 Å². The van der Waals surface area contributed by atoms with Gasteiger partial charge >= 0.3 is 0 Å². The summed E-state index contributed by atoms with van der Waals surface area (Å²) in [6, 6.07) is 11.6. The van der Waals surface area contributed by atoms with E-state index in [0.29, 0.717) is 52.4 Å². The number of ether oxygens (including phenoxy) is 2. The zero-order valence-electron chi connectivity index (χ0n) is 16.7. The molecule has 3 aromatic rings. The number of nitrogens with two attached hydrogens (primary N) is 1. The van der Waals surface area contributed by atoms with E-state index in [1.165, 1.54) is 0 Å². The zero-order valence-corrected chi connectivity index (χ0v) is 18.2. The van der Waals surface area contributed by atoms with Crippen LogP contribution in [0.2, 0.25) is 10.0 Å². The minimum Gasteiger partial charge on any atom is -0.495 e. The lowest BCUT2D eigenvalue weighted by atomic mass is 10.0. The number of hydrogen-bond acceptors (Lipinski definition) is 5. The van der Waals surface area contributed by atoms with Gasteiger partial charge in [-0.2, -0.15) is 5.10 Å². The van der Waals surface area contributed by atoms with Gasteiger partial charge in [-0.25, -0.2) is 0 Å². The summed E-state index contributed by atoms with van der Waals surface area (Å²) in [6.07, 6.45) is 0.615. The van der Waals surface area contributed by atoms with Gasteiger partial charge in [-0.3, -0.25) is 5.10 Å². The Hall–Kier alpha value is -2.85. The van der Waals surface area contributed by atoms with Crippen molar-refractivity contribution in [3.05, 3.63) is 57.6 Å². The van der Waals surface area contributed by atoms with Gasteiger partial charge in [-0.1, -0.05) is 59.3 Å². The summed E-state index contributed by atoms with van der Waals surface area (Å²) >= 11 is 12.9. The first-order valence-electron chi connectivity index (χ1n) is 9.21. The predicted molar refractivity (Wildman–Crippen MR) is 121 cm³/mol. The summed E-state index contributed by atoms with van der Waals surface area (Å²) in [6.45, 7) is 0.694. The van der Waals surface area contributed by atoms with E-state index in [1.54, 1.807) is 20.3 Å². The van der Waals surface area contributed by atoms with E-state index < -0.39 is 0 Å². The molecule has 30 heavy (non-hydrogen) atoms. The molecule has 0 spiro atoms. The second-order valence-electron chi connectivity index (χ2n) is 6.30. The Balaban J connectivity index is 1.81. The van der Waals surface area contributed by atoms with Crippen LogP contribution in [0.1, 0.15) is 11.1 Å². The summed E-state index contributed by atoms with van der Waals surface area (Å²) in [4.78, 5) is 0. The fraction of sp³-hybridized carbons (Fsp3) is 0.227. The molecule has 0 radical (unpaired) electrons. The fourth-order valence-corrected chi connectivity index (χ4v) is 3.62. The minimum atomic E-state index is 0.346. The molecule has 0 bridgehead atoms. The number of rotatable bonds is 7. The predicted octanol–water partition coefficient (Wildman–Crippen LogP) is 4.52. The van der Waals surface area contributed by atoms with Crippen molar-refractivity contribution in [1.82, 2.24) is 10.2 Å². The second kappa shape index (κ2) is 10.3. The molecule has 2 aromatic carbocycles. The Morgan fingerprint density at radius 2 is 1.77 bits per heavy atom. The molecular weight excluding hydrogens is 423 g/mol. The van der Waals surface area contributed by atoms with Crippen LogP contribution >= 0.6 is 23.2 Å².